The lowest BCUT2D eigenvalue weighted by Gasteiger charge is -2.25. The van der Waals surface area contributed by atoms with E-state index in [1.54, 1.807) is 0 Å². The van der Waals surface area contributed by atoms with E-state index < -0.39 is 0 Å². The minimum absolute atomic E-state index is 0.635. The normalized spacial score (nSPS) is 11.6. The molecule has 1 aromatic heterocycles. The van der Waals surface area contributed by atoms with Gasteiger partial charge in [-0.25, -0.2) is 0 Å². The summed E-state index contributed by atoms with van der Waals surface area (Å²) >= 11 is 1.86. The maximum Gasteiger partial charge on any atom is 0.0330 e. The van der Waals surface area contributed by atoms with Crippen molar-refractivity contribution in [2.24, 2.45) is 0 Å². The molecule has 0 amide bonds. The molecule has 0 saturated heterocycles. The summed E-state index contributed by atoms with van der Waals surface area (Å²) < 4.78 is 0. The van der Waals surface area contributed by atoms with Crippen molar-refractivity contribution in [2.75, 3.05) is 19.6 Å². The van der Waals surface area contributed by atoms with Crippen LogP contribution in [0, 0.1) is 0 Å². The monoisotopic (exact) mass is 254 g/mol. The molecule has 1 aromatic rings. The molecule has 0 aromatic carbocycles. The quantitative estimate of drug-likeness (QED) is 0.680. The van der Waals surface area contributed by atoms with Gasteiger partial charge in [0.2, 0.25) is 0 Å². The standard InChI is InChI=1S/C14H26N2S/c1-4-15-9-5-6-10-16(13(2)3)12-14-8-7-11-17-14/h7-8,11,13,15H,4-6,9-10,12H2,1-3H3. The lowest BCUT2D eigenvalue weighted by atomic mass is 10.2. The van der Waals surface area contributed by atoms with E-state index in [2.05, 4.69) is 48.5 Å². The fraction of sp³-hybridized carbons (Fsp3) is 0.714. The van der Waals surface area contributed by atoms with Gasteiger partial charge in [0.15, 0.2) is 0 Å². The summed E-state index contributed by atoms with van der Waals surface area (Å²) in [6.45, 7) is 11.3. The maximum absolute atomic E-state index is 3.38. The Kier molecular flexibility index (Phi) is 7.49. The minimum Gasteiger partial charge on any atom is -0.317 e. The van der Waals surface area contributed by atoms with Crippen molar-refractivity contribution >= 4 is 11.3 Å². The summed E-state index contributed by atoms with van der Waals surface area (Å²) in [7, 11) is 0. The molecule has 0 fully saturated rings. The van der Waals surface area contributed by atoms with Gasteiger partial charge < -0.3 is 5.32 Å². The van der Waals surface area contributed by atoms with Crippen molar-refractivity contribution in [3.05, 3.63) is 22.4 Å². The summed E-state index contributed by atoms with van der Waals surface area (Å²) in [5.74, 6) is 0. The third-order valence-electron chi connectivity index (χ3n) is 2.97. The zero-order valence-electron chi connectivity index (χ0n) is 11.4. The van der Waals surface area contributed by atoms with Gasteiger partial charge in [-0.1, -0.05) is 13.0 Å². The van der Waals surface area contributed by atoms with E-state index in [1.807, 2.05) is 11.3 Å². The van der Waals surface area contributed by atoms with Gasteiger partial charge in [0.25, 0.3) is 0 Å². The Morgan fingerprint density at radius 2 is 2.18 bits per heavy atom. The number of hydrogen-bond donors (Lipinski definition) is 1. The number of unbranched alkanes of at least 4 members (excludes halogenated alkanes) is 1. The predicted octanol–water partition coefficient (Wildman–Crippen LogP) is 3.35. The summed E-state index contributed by atoms with van der Waals surface area (Å²) in [5, 5.41) is 5.55. The van der Waals surface area contributed by atoms with Gasteiger partial charge in [-0.15, -0.1) is 11.3 Å². The van der Waals surface area contributed by atoms with E-state index >= 15 is 0 Å². The van der Waals surface area contributed by atoms with Crippen LogP contribution in [0.15, 0.2) is 17.5 Å². The van der Waals surface area contributed by atoms with Crippen LogP contribution in [0.4, 0.5) is 0 Å². The maximum atomic E-state index is 3.38. The molecule has 0 aliphatic carbocycles. The summed E-state index contributed by atoms with van der Waals surface area (Å²) in [6, 6.07) is 5.01. The Labute approximate surface area is 110 Å². The topological polar surface area (TPSA) is 15.3 Å². The first-order valence-electron chi connectivity index (χ1n) is 6.71. The first kappa shape index (κ1) is 14.7. The first-order chi connectivity index (χ1) is 8.24. The molecule has 3 heteroatoms. The molecule has 0 bridgehead atoms. The Morgan fingerprint density at radius 3 is 2.76 bits per heavy atom. The van der Waals surface area contributed by atoms with E-state index in [9.17, 15) is 0 Å². The lowest BCUT2D eigenvalue weighted by Crippen LogP contribution is -2.31. The number of rotatable bonds is 9. The fourth-order valence-electron chi connectivity index (χ4n) is 1.86. The molecule has 0 aliphatic rings. The smallest absolute Gasteiger partial charge is 0.0330 e. The van der Waals surface area contributed by atoms with E-state index in [1.165, 1.54) is 24.3 Å². The van der Waals surface area contributed by atoms with Crippen LogP contribution in [0.1, 0.15) is 38.5 Å². The summed E-state index contributed by atoms with van der Waals surface area (Å²) in [4.78, 5) is 4.04. The van der Waals surface area contributed by atoms with Crippen LogP contribution < -0.4 is 5.32 Å². The summed E-state index contributed by atoms with van der Waals surface area (Å²) in [6.07, 6.45) is 2.57. The molecule has 1 N–H and O–H groups in total. The molecule has 98 valence electrons. The molecule has 17 heavy (non-hydrogen) atoms. The van der Waals surface area contributed by atoms with Gasteiger partial charge in [-0.05, 0) is 57.8 Å². The van der Waals surface area contributed by atoms with Crippen LogP contribution in [-0.2, 0) is 6.54 Å². The van der Waals surface area contributed by atoms with E-state index in [0.717, 1.165) is 19.6 Å². The highest BCUT2D eigenvalue weighted by molar-refractivity contribution is 7.09. The van der Waals surface area contributed by atoms with Crippen molar-refractivity contribution in [1.82, 2.24) is 10.2 Å². The van der Waals surface area contributed by atoms with Crippen LogP contribution in [0.2, 0.25) is 0 Å². The Morgan fingerprint density at radius 1 is 1.35 bits per heavy atom. The van der Waals surface area contributed by atoms with Gasteiger partial charge in [0, 0.05) is 17.5 Å². The predicted molar refractivity (Wildman–Crippen MR) is 77.6 cm³/mol. The number of hydrogen-bond acceptors (Lipinski definition) is 3. The zero-order chi connectivity index (χ0) is 12.5. The van der Waals surface area contributed by atoms with Crippen molar-refractivity contribution < 1.29 is 0 Å². The van der Waals surface area contributed by atoms with Gasteiger partial charge in [-0.3, -0.25) is 4.90 Å². The molecule has 0 radical (unpaired) electrons. The highest BCUT2D eigenvalue weighted by Crippen LogP contribution is 2.14. The zero-order valence-corrected chi connectivity index (χ0v) is 12.2. The van der Waals surface area contributed by atoms with Crippen LogP contribution in [0.5, 0.6) is 0 Å². The van der Waals surface area contributed by atoms with E-state index in [4.69, 9.17) is 0 Å². The average Bonchev–Trinajstić information content (AvgIpc) is 2.79. The third kappa shape index (κ3) is 6.20. The third-order valence-corrected chi connectivity index (χ3v) is 3.83. The van der Waals surface area contributed by atoms with Crippen molar-refractivity contribution in [3.63, 3.8) is 0 Å². The average molecular weight is 254 g/mol. The molecule has 0 atom stereocenters. The lowest BCUT2D eigenvalue weighted by molar-refractivity contribution is 0.210. The molecule has 1 heterocycles. The van der Waals surface area contributed by atoms with Gasteiger partial charge >= 0.3 is 0 Å². The highest BCUT2D eigenvalue weighted by Gasteiger charge is 2.09. The Bertz CT molecular complexity index is 270. The second kappa shape index (κ2) is 8.67. The van der Waals surface area contributed by atoms with Crippen LogP contribution in [0.25, 0.3) is 0 Å². The van der Waals surface area contributed by atoms with Crippen LogP contribution >= 0.6 is 11.3 Å². The minimum atomic E-state index is 0.635. The van der Waals surface area contributed by atoms with E-state index in [0.29, 0.717) is 6.04 Å². The Hall–Kier alpha value is -0.380. The molecular formula is C14H26N2S. The largest absolute Gasteiger partial charge is 0.317 e. The highest BCUT2D eigenvalue weighted by atomic mass is 32.1. The molecule has 0 unspecified atom stereocenters. The molecule has 0 aliphatic heterocycles. The Balaban J connectivity index is 2.24. The van der Waals surface area contributed by atoms with Gasteiger partial charge in [-0.2, -0.15) is 0 Å². The molecular weight excluding hydrogens is 228 g/mol. The SMILES string of the molecule is CCNCCCCN(Cc1cccs1)C(C)C. The molecule has 0 spiro atoms. The van der Waals surface area contributed by atoms with Crippen molar-refractivity contribution in [2.45, 2.75) is 46.2 Å². The first-order valence-corrected chi connectivity index (χ1v) is 7.59. The summed E-state index contributed by atoms with van der Waals surface area (Å²) in [5.41, 5.74) is 0. The van der Waals surface area contributed by atoms with Gasteiger partial charge in [0.05, 0.1) is 0 Å². The number of thiophene rings is 1. The van der Waals surface area contributed by atoms with Crippen molar-refractivity contribution in [3.8, 4) is 0 Å². The molecule has 1 rings (SSSR count). The number of nitrogens with one attached hydrogen (secondary N) is 1. The van der Waals surface area contributed by atoms with Crippen LogP contribution in [-0.4, -0.2) is 30.6 Å². The second-order valence-electron chi connectivity index (χ2n) is 4.70. The fourth-order valence-corrected chi connectivity index (χ4v) is 2.59. The molecule has 2 nitrogen and oxygen atoms in total. The van der Waals surface area contributed by atoms with Crippen LogP contribution in [0.3, 0.4) is 0 Å². The van der Waals surface area contributed by atoms with Crippen molar-refractivity contribution in [1.29, 1.82) is 0 Å². The molecule has 0 saturated carbocycles. The second-order valence-corrected chi connectivity index (χ2v) is 5.74. The number of nitrogens with zero attached hydrogens (tertiary/aromatic N) is 1. The van der Waals surface area contributed by atoms with Gasteiger partial charge in [0.1, 0.15) is 0 Å². The van der Waals surface area contributed by atoms with E-state index in [-0.39, 0.29) is 0 Å².